The van der Waals surface area contributed by atoms with Crippen molar-refractivity contribution < 1.29 is 19.1 Å². The summed E-state index contributed by atoms with van der Waals surface area (Å²) in [7, 11) is 1.63. The quantitative estimate of drug-likeness (QED) is 0.595. The number of benzene rings is 2. The molecule has 0 radical (unpaired) electrons. The van der Waals surface area contributed by atoms with Gasteiger partial charge in [-0.25, -0.2) is 4.79 Å². The number of carbonyl (C=O) groups excluding carboxylic acids is 2. The molecule has 0 N–H and O–H groups in total. The third kappa shape index (κ3) is 4.37. The minimum absolute atomic E-state index is 0.302. The van der Waals surface area contributed by atoms with Crippen LogP contribution in [-0.4, -0.2) is 36.8 Å². The van der Waals surface area contributed by atoms with Gasteiger partial charge in [0.25, 0.3) is 5.91 Å². The Labute approximate surface area is 167 Å². The normalized spacial score (nSPS) is 11.8. The average molecular weight is 398 g/mol. The molecule has 2 aromatic carbocycles. The van der Waals surface area contributed by atoms with Crippen LogP contribution in [0, 0.1) is 6.92 Å². The van der Waals surface area contributed by atoms with Crippen molar-refractivity contribution >= 4 is 33.4 Å². The Kier molecular flexibility index (Phi) is 6.38. The highest BCUT2D eigenvalue weighted by molar-refractivity contribution is 7.16. The van der Waals surface area contributed by atoms with E-state index >= 15 is 0 Å². The Morgan fingerprint density at radius 2 is 1.82 bits per heavy atom. The fraction of sp³-hybridized carbons (Fsp3) is 0.286. The lowest BCUT2D eigenvalue weighted by Gasteiger charge is -2.05. The number of ether oxygens (including phenoxy) is 2. The lowest BCUT2D eigenvalue weighted by molar-refractivity contribution is 0.0526. The molecule has 0 spiro atoms. The summed E-state index contributed by atoms with van der Waals surface area (Å²) in [5, 5.41) is 0. The SMILES string of the molecule is CCOC(=O)c1ccc2c(c1)sc(=NC(=O)c1ccc(C)cc1)n2CCOC. The number of hydrogen-bond donors (Lipinski definition) is 0. The van der Waals surface area contributed by atoms with Gasteiger partial charge in [0.1, 0.15) is 0 Å². The average Bonchev–Trinajstić information content (AvgIpc) is 3.03. The molecule has 0 aliphatic carbocycles. The van der Waals surface area contributed by atoms with E-state index in [0.717, 1.165) is 15.8 Å². The summed E-state index contributed by atoms with van der Waals surface area (Å²) < 4.78 is 13.1. The standard InChI is InChI=1S/C21H22N2O4S/c1-4-27-20(25)16-9-10-17-18(13-16)28-21(23(17)11-12-26-3)22-19(24)15-7-5-14(2)6-8-15/h5-10,13H,4,11-12H2,1-3H3. The Morgan fingerprint density at radius 1 is 1.11 bits per heavy atom. The van der Waals surface area contributed by atoms with Gasteiger partial charge in [-0.05, 0) is 44.2 Å². The van der Waals surface area contributed by atoms with Crippen LogP contribution in [0.15, 0.2) is 47.5 Å². The maximum Gasteiger partial charge on any atom is 0.338 e. The maximum atomic E-state index is 12.6. The van der Waals surface area contributed by atoms with E-state index in [1.165, 1.54) is 11.3 Å². The molecule has 0 fully saturated rings. The number of thiazole rings is 1. The molecule has 146 valence electrons. The van der Waals surface area contributed by atoms with Gasteiger partial charge < -0.3 is 14.0 Å². The minimum Gasteiger partial charge on any atom is -0.462 e. The number of aromatic nitrogens is 1. The zero-order valence-corrected chi connectivity index (χ0v) is 16.9. The second kappa shape index (κ2) is 8.95. The van der Waals surface area contributed by atoms with Crippen molar-refractivity contribution in [2.45, 2.75) is 20.4 Å². The van der Waals surface area contributed by atoms with Crippen LogP contribution in [-0.2, 0) is 16.0 Å². The summed E-state index contributed by atoms with van der Waals surface area (Å²) in [5.74, 6) is -0.668. The molecule has 0 atom stereocenters. The summed E-state index contributed by atoms with van der Waals surface area (Å²) in [6.07, 6.45) is 0. The lowest BCUT2D eigenvalue weighted by atomic mass is 10.1. The molecule has 0 aliphatic rings. The van der Waals surface area contributed by atoms with E-state index in [4.69, 9.17) is 9.47 Å². The first-order valence-electron chi connectivity index (χ1n) is 8.98. The second-order valence-electron chi connectivity index (χ2n) is 6.22. The van der Waals surface area contributed by atoms with Crippen molar-refractivity contribution in [1.82, 2.24) is 4.57 Å². The van der Waals surface area contributed by atoms with Gasteiger partial charge in [0.05, 0.1) is 29.0 Å². The molecule has 1 amide bonds. The first-order valence-corrected chi connectivity index (χ1v) is 9.80. The molecule has 1 aromatic heterocycles. The van der Waals surface area contributed by atoms with Crippen molar-refractivity contribution in [3.63, 3.8) is 0 Å². The maximum absolute atomic E-state index is 12.6. The van der Waals surface area contributed by atoms with Crippen LogP contribution in [0.2, 0.25) is 0 Å². The molecule has 0 unspecified atom stereocenters. The Bertz CT molecular complexity index is 1060. The van der Waals surface area contributed by atoms with Crippen LogP contribution in [0.4, 0.5) is 0 Å². The van der Waals surface area contributed by atoms with Crippen molar-refractivity contribution in [3.8, 4) is 0 Å². The second-order valence-corrected chi connectivity index (χ2v) is 7.22. The van der Waals surface area contributed by atoms with Gasteiger partial charge in [0.2, 0.25) is 0 Å². The predicted molar refractivity (Wildman–Crippen MR) is 109 cm³/mol. The van der Waals surface area contributed by atoms with Crippen molar-refractivity contribution in [2.24, 2.45) is 4.99 Å². The Morgan fingerprint density at radius 3 is 2.50 bits per heavy atom. The van der Waals surface area contributed by atoms with Crippen LogP contribution in [0.3, 0.4) is 0 Å². The summed E-state index contributed by atoms with van der Waals surface area (Å²) in [6, 6.07) is 12.7. The molecule has 7 heteroatoms. The minimum atomic E-state index is -0.365. The van der Waals surface area contributed by atoms with E-state index in [2.05, 4.69) is 4.99 Å². The molecule has 28 heavy (non-hydrogen) atoms. The van der Waals surface area contributed by atoms with E-state index in [0.29, 0.717) is 35.7 Å². The zero-order valence-electron chi connectivity index (χ0n) is 16.1. The highest BCUT2D eigenvalue weighted by Crippen LogP contribution is 2.20. The third-order valence-corrected chi connectivity index (χ3v) is 5.25. The molecule has 3 rings (SSSR count). The molecule has 0 saturated heterocycles. The highest BCUT2D eigenvalue weighted by Gasteiger charge is 2.13. The lowest BCUT2D eigenvalue weighted by Crippen LogP contribution is -2.19. The number of nitrogens with zero attached hydrogens (tertiary/aromatic N) is 2. The number of methoxy groups -OCH3 is 1. The van der Waals surface area contributed by atoms with Crippen molar-refractivity contribution in [3.05, 3.63) is 64.0 Å². The molecule has 1 heterocycles. The van der Waals surface area contributed by atoms with E-state index in [9.17, 15) is 9.59 Å². The first kappa shape index (κ1) is 20.0. The van der Waals surface area contributed by atoms with Crippen molar-refractivity contribution in [2.75, 3.05) is 20.3 Å². The van der Waals surface area contributed by atoms with Crippen LogP contribution < -0.4 is 4.80 Å². The molecular weight excluding hydrogens is 376 g/mol. The van der Waals surface area contributed by atoms with Gasteiger partial charge in [-0.2, -0.15) is 4.99 Å². The zero-order chi connectivity index (χ0) is 20.1. The van der Waals surface area contributed by atoms with Crippen LogP contribution in [0.5, 0.6) is 0 Å². The Hall–Kier alpha value is -2.77. The molecule has 6 nitrogen and oxygen atoms in total. The molecule has 0 aliphatic heterocycles. The number of amides is 1. The van der Waals surface area contributed by atoms with E-state index in [1.807, 2.05) is 29.7 Å². The monoisotopic (exact) mass is 398 g/mol. The molecule has 3 aromatic rings. The number of esters is 1. The Balaban J connectivity index is 2.07. The van der Waals surface area contributed by atoms with Crippen LogP contribution in [0.25, 0.3) is 10.2 Å². The third-order valence-electron chi connectivity index (χ3n) is 4.21. The first-order chi connectivity index (χ1) is 13.5. The van der Waals surface area contributed by atoms with Gasteiger partial charge in [0.15, 0.2) is 4.80 Å². The topological polar surface area (TPSA) is 69.9 Å². The summed E-state index contributed by atoms with van der Waals surface area (Å²) in [6.45, 7) is 5.10. The summed E-state index contributed by atoms with van der Waals surface area (Å²) in [5.41, 5.74) is 2.99. The number of rotatable bonds is 6. The summed E-state index contributed by atoms with van der Waals surface area (Å²) >= 11 is 1.36. The van der Waals surface area contributed by atoms with Gasteiger partial charge in [0, 0.05) is 19.2 Å². The number of fused-ring (bicyclic) bond motifs is 1. The predicted octanol–water partition coefficient (Wildman–Crippen LogP) is 3.58. The number of hydrogen-bond acceptors (Lipinski definition) is 5. The smallest absolute Gasteiger partial charge is 0.338 e. The van der Waals surface area contributed by atoms with Gasteiger partial charge in [-0.3, -0.25) is 4.79 Å². The van der Waals surface area contributed by atoms with Gasteiger partial charge in [-0.1, -0.05) is 29.0 Å². The van der Waals surface area contributed by atoms with Crippen LogP contribution >= 0.6 is 11.3 Å². The number of carbonyl (C=O) groups is 2. The van der Waals surface area contributed by atoms with Gasteiger partial charge in [-0.15, -0.1) is 0 Å². The van der Waals surface area contributed by atoms with Crippen molar-refractivity contribution in [1.29, 1.82) is 0 Å². The van der Waals surface area contributed by atoms with E-state index in [-0.39, 0.29) is 11.9 Å². The fourth-order valence-electron chi connectivity index (χ4n) is 2.75. The summed E-state index contributed by atoms with van der Waals surface area (Å²) in [4.78, 5) is 29.5. The fourth-order valence-corrected chi connectivity index (χ4v) is 3.84. The highest BCUT2D eigenvalue weighted by atomic mass is 32.1. The molecular formula is C21H22N2O4S. The van der Waals surface area contributed by atoms with E-state index < -0.39 is 0 Å². The van der Waals surface area contributed by atoms with E-state index in [1.54, 1.807) is 38.3 Å². The molecule has 0 saturated carbocycles. The number of aryl methyl sites for hydroxylation is 1. The van der Waals surface area contributed by atoms with Gasteiger partial charge >= 0.3 is 5.97 Å². The molecule has 0 bridgehead atoms. The largest absolute Gasteiger partial charge is 0.462 e. The van der Waals surface area contributed by atoms with Crippen LogP contribution in [0.1, 0.15) is 33.2 Å².